The minimum absolute atomic E-state index is 0.264. The molecule has 1 aliphatic rings. The molecular formula is C20H29BNO5P. The quantitative estimate of drug-likeness (QED) is 0.520. The summed E-state index contributed by atoms with van der Waals surface area (Å²) in [4.78, 5) is 0. The highest BCUT2D eigenvalue weighted by Crippen LogP contribution is 2.48. The molecule has 0 saturated carbocycles. The van der Waals surface area contributed by atoms with Crippen molar-refractivity contribution in [3.8, 4) is 5.69 Å². The highest BCUT2D eigenvalue weighted by atomic mass is 31.2. The first-order valence-corrected chi connectivity index (χ1v) is 11.2. The van der Waals surface area contributed by atoms with Crippen LogP contribution in [0.15, 0.2) is 42.7 Å². The van der Waals surface area contributed by atoms with Crippen LogP contribution in [-0.4, -0.2) is 36.1 Å². The molecule has 1 aromatic heterocycles. The van der Waals surface area contributed by atoms with E-state index in [1.54, 1.807) is 13.8 Å². The van der Waals surface area contributed by atoms with E-state index in [1.165, 1.54) is 0 Å². The van der Waals surface area contributed by atoms with Crippen LogP contribution in [0.5, 0.6) is 0 Å². The van der Waals surface area contributed by atoms with Gasteiger partial charge in [0, 0.05) is 12.4 Å². The van der Waals surface area contributed by atoms with Crippen LogP contribution in [-0.2, 0) is 22.9 Å². The molecule has 0 amide bonds. The standard InChI is InChI=1S/C20H29BNO5P/c1-7-24-28(23,25-8-2)18-16(21-26-19(3,4)20(5,6)27-21)12-11-13-17(18)22-14-9-10-15-22/h9-15H,7-8H2,1-6H3. The predicted molar refractivity (Wildman–Crippen MR) is 112 cm³/mol. The van der Waals surface area contributed by atoms with E-state index in [2.05, 4.69) is 0 Å². The molecule has 0 aliphatic carbocycles. The predicted octanol–water partition coefficient (Wildman–Crippen LogP) is 3.67. The fourth-order valence-corrected chi connectivity index (χ4v) is 5.20. The Morgan fingerprint density at radius 1 is 0.964 bits per heavy atom. The topological polar surface area (TPSA) is 58.9 Å². The van der Waals surface area contributed by atoms with Crippen molar-refractivity contribution in [3.63, 3.8) is 0 Å². The molecule has 0 atom stereocenters. The first-order valence-electron chi connectivity index (χ1n) is 9.67. The third-order valence-corrected chi connectivity index (χ3v) is 7.54. The summed E-state index contributed by atoms with van der Waals surface area (Å²) in [5.74, 6) is 0. The highest BCUT2D eigenvalue weighted by molar-refractivity contribution is 7.63. The lowest BCUT2D eigenvalue weighted by atomic mass is 9.78. The van der Waals surface area contributed by atoms with Crippen LogP contribution in [0.2, 0.25) is 0 Å². The van der Waals surface area contributed by atoms with Crippen molar-refractivity contribution in [1.29, 1.82) is 0 Å². The lowest BCUT2D eigenvalue weighted by Crippen LogP contribution is -2.45. The van der Waals surface area contributed by atoms with Crippen molar-refractivity contribution in [3.05, 3.63) is 42.7 Å². The Balaban J connectivity index is 2.21. The Hall–Kier alpha value is -1.37. The molecule has 6 nitrogen and oxygen atoms in total. The van der Waals surface area contributed by atoms with E-state index in [0.717, 1.165) is 5.69 Å². The van der Waals surface area contributed by atoms with Crippen molar-refractivity contribution >= 4 is 25.5 Å². The van der Waals surface area contributed by atoms with Gasteiger partial charge in [0.1, 0.15) is 0 Å². The molecule has 0 bridgehead atoms. The van der Waals surface area contributed by atoms with Crippen molar-refractivity contribution in [2.75, 3.05) is 13.2 Å². The minimum Gasteiger partial charge on any atom is -0.399 e. The monoisotopic (exact) mass is 405 g/mol. The molecule has 152 valence electrons. The van der Waals surface area contributed by atoms with Gasteiger partial charge in [-0.25, -0.2) is 0 Å². The zero-order chi connectivity index (χ0) is 20.6. The summed E-state index contributed by atoms with van der Waals surface area (Å²) in [5, 5.41) is 0.480. The summed E-state index contributed by atoms with van der Waals surface area (Å²) in [6.45, 7) is 12.1. The van der Waals surface area contributed by atoms with E-state index in [-0.39, 0.29) is 13.2 Å². The SMILES string of the molecule is CCOP(=O)(OCC)c1c(B2OC(C)(C)C(C)(C)O2)cccc1-n1cccc1. The second kappa shape index (κ2) is 7.81. The molecule has 1 aliphatic heterocycles. The van der Waals surface area contributed by atoms with Gasteiger partial charge in [-0.05, 0) is 65.2 Å². The van der Waals surface area contributed by atoms with E-state index in [1.807, 2.05) is 75.0 Å². The van der Waals surface area contributed by atoms with Gasteiger partial charge < -0.3 is 22.9 Å². The molecule has 28 heavy (non-hydrogen) atoms. The molecule has 1 aromatic carbocycles. The van der Waals surface area contributed by atoms with Gasteiger partial charge in [-0.1, -0.05) is 12.1 Å². The van der Waals surface area contributed by atoms with Crippen LogP contribution in [0.3, 0.4) is 0 Å². The summed E-state index contributed by atoms with van der Waals surface area (Å²) in [6, 6.07) is 9.50. The van der Waals surface area contributed by atoms with Gasteiger partial charge in [0.2, 0.25) is 0 Å². The van der Waals surface area contributed by atoms with Gasteiger partial charge in [0.15, 0.2) is 0 Å². The van der Waals surface area contributed by atoms with Crippen LogP contribution in [0.4, 0.5) is 0 Å². The van der Waals surface area contributed by atoms with Crippen LogP contribution < -0.4 is 10.8 Å². The third kappa shape index (κ3) is 3.74. The Labute approximate surface area is 167 Å². The maximum Gasteiger partial charge on any atom is 0.495 e. The van der Waals surface area contributed by atoms with Gasteiger partial charge in [0.05, 0.1) is 35.4 Å². The number of aromatic nitrogens is 1. The van der Waals surface area contributed by atoms with Gasteiger partial charge >= 0.3 is 14.7 Å². The van der Waals surface area contributed by atoms with Crippen LogP contribution >= 0.6 is 7.60 Å². The Kier molecular flexibility index (Phi) is 5.95. The Morgan fingerprint density at radius 3 is 2.00 bits per heavy atom. The van der Waals surface area contributed by atoms with Crippen LogP contribution in [0, 0.1) is 0 Å². The molecule has 0 N–H and O–H groups in total. The van der Waals surface area contributed by atoms with E-state index in [4.69, 9.17) is 18.4 Å². The lowest BCUT2D eigenvalue weighted by molar-refractivity contribution is 0.00578. The molecule has 8 heteroatoms. The van der Waals surface area contributed by atoms with Crippen molar-refractivity contribution in [1.82, 2.24) is 4.57 Å². The molecule has 2 aromatic rings. The summed E-state index contributed by atoms with van der Waals surface area (Å²) >= 11 is 0. The maximum absolute atomic E-state index is 13.9. The molecule has 2 heterocycles. The van der Waals surface area contributed by atoms with Gasteiger partial charge in [-0.15, -0.1) is 0 Å². The van der Waals surface area contributed by atoms with Crippen molar-refractivity contribution < 1.29 is 22.9 Å². The molecule has 0 spiro atoms. The molecule has 3 rings (SSSR count). The number of hydrogen-bond donors (Lipinski definition) is 0. The normalized spacial score (nSPS) is 18.6. The van der Waals surface area contributed by atoms with Crippen LogP contribution in [0.1, 0.15) is 41.5 Å². The second-order valence-electron chi connectivity index (χ2n) is 7.73. The number of benzene rings is 1. The van der Waals surface area contributed by atoms with Gasteiger partial charge in [0.25, 0.3) is 0 Å². The molecular weight excluding hydrogens is 376 g/mol. The van der Waals surface area contributed by atoms with Crippen molar-refractivity contribution in [2.24, 2.45) is 0 Å². The average Bonchev–Trinajstić information content (AvgIpc) is 3.21. The fourth-order valence-electron chi connectivity index (χ4n) is 3.22. The van der Waals surface area contributed by atoms with E-state index < -0.39 is 25.9 Å². The smallest absolute Gasteiger partial charge is 0.399 e. The summed E-state index contributed by atoms with van der Waals surface area (Å²) < 4.78 is 39.7. The zero-order valence-electron chi connectivity index (χ0n) is 17.5. The summed E-state index contributed by atoms with van der Waals surface area (Å²) in [5.41, 5.74) is 0.358. The van der Waals surface area contributed by atoms with Crippen LogP contribution in [0.25, 0.3) is 5.69 Å². The number of hydrogen-bond acceptors (Lipinski definition) is 5. The maximum atomic E-state index is 13.9. The molecule has 1 saturated heterocycles. The van der Waals surface area contributed by atoms with E-state index >= 15 is 0 Å². The van der Waals surface area contributed by atoms with E-state index in [9.17, 15) is 4.57 Å². The summed E-state index contributed by atoms with van der Waals surface area (Å²) in [7, 11) is -4.28. The highest BCUT2D eigenvalue weighted by Gasteiger charge is 2.53. The van der Waals surface area contributed by atoms with Crippen molar-refractivity contribution in [2.45, 2.75) is 52.7 Å². The molecule has 0 unspecified atom stereocenters. The summed E-state index contributed by atoms with van der Waals surface area (Å²) in [6.07, 6.45) is 3.80. The Morgan fingerprint density at radius 2 is 1.50 bits per heavy atom. The number of nitrogens with zero attached hydrogens (tertiary/aromatic N) is 1. The second-order valence-corrected chi connectivity index (χ2v) is 9.69. The largest absolute Gasteiger partial charge is 0.495 e. The zero-order valence-corrected chi connectivity index (χ0v) is 18.4. The van der Waals surface area contributed by atoms with E-state index in [0.29, 0.717) is 10.8 Å². The number of rotatable bonds is 7. The molecule has 1 fully saturated rings. The average molecular weight is 405 g/mol. The minimum atomic E-state index is -3.60. The first-order chi connectivity index (χ1) is 13.1. The fraction of sp³-hybridized carbons (Fsp3) is 0.500. The Bertz CT molecular complexity index is 839. The van der Waals surface area contributed by atoms with Gasteiger partial charge in [-0.2, -0.15) is 0 Å². The third-order valence-electron chi connectivity index (χ3n) is 5.31. The molecule has 0 radical (unpaired) electrons. The lowest BCUT2D eigenvalue weighted by Gasteiger charge is -2.32. The first kappa shape index (κ1) is 21.3. The van der Waals surface area contributed by atoms with Gasteiger partial charge in [-0.3, -0.25) is 4.57 Å².